The second kappa shape index (κ2) is 13.1. The van der Waals surface area contributed by atoms with Crippen molar-refractivity contribution in [3.05, 3.63) is 63.6 Å². The van der Waals surface area contributed by atoms with Crippen LogP contribution in [0.4, 0.5) is 5.69 Å². The van der Waals surface area contributed by atoms with Gasteiger partial charge in [-0.1, -0.05) is 41.1 Å². The van der Waals surface area contributed by atoms with E-state index >= 15 is 0 Å². The minimum atomic E-state index is -3.52. The third kappa shape index (κ3) is 8.65. The van der Waals surface area contributed by atoms with Crippen LogP contribution in [0.1, 0.15) is 49.8 Å². The zero-order valence-corrected chi connectivity index (χ0v) is 23.6. The van der Waals surface area contributed by atoms with E-state index in [0.717, 1.165) is 27.6 Å². The smallest absolute Gasteiger partial charge is 0.242 e. The summed E-state index contributed by atoms with van der Waals surface area (Å²) >= 11 is 3.41. The third-order valence-corrected chi connectivity index (χ3v) is 7.64. The van der Waals surface area contributed by atoms with Crippen LogP contribution in [0.3, 0.4) is 0 Å². The van der Waals surface area contributed by atoms with Crippen molar-refractivity contribution in [3.63, 3.8) is 0 Å². The predicted molar refractivity (Wildman–Crippen MR) is 145 cm³/mol. The van der Waals surface area contributed by atoms with Crippen LogP contribution in [0, 0.1) is 13.8 Å². The molecule has 2 rings (SSSR count). The Labute approximate surface area is 218 Å². The van der Waals surface area contributed by atoms with Crippen molar-refractivity contribution in [2.24, 2.45) is 0 Å². The van der Waals surface area contributed by atoms with Gasteiger partial charge in [0.05, 0.1) is 11.9 Å². The maximum atomic E-state index is 13.3. The van der Waals surface area contributed by atoms with E-state index in [2.05, 4.69) is 21.2 Å². The first-order valence-electron chi connectivity index (χ1n) is 11.8. The highest BCUT2D eigenvalue weighted by molar-refractivity contribution is 9.10. The van der Waals surface area contributed by atoms with Gasteiger partial charge in [-0.2, -0.15) is 0 Å². The summed E-state index contributed by atoms with van der Waals surface area (Å²) in [6.07, 6.45) is 2.43. The molecule has 2 amide bonds. The maximum Gasteiger partial charge on any atom is 0.242 e. The maximum absolute atomic E-state index is 13.3. The Morgan fingerprint density at radius 1 is 1.06 bits per heavy atom. The van der Waals surface area contributed by atoms with E-state index in [1.54, 1.807) is 17.9 Å². The number of carbonyl (C=O) groups excluding carboxylic acids is 2. The number of nitrogens with zero attached hydrogens (tertiary/aromatic N) is 2. The van der Waals surface area contributed by atoms with E-state index in [0.29, 0.717) is 25.2 Å². The van der Waals surface area contributed by atoms with Crippen LogP contribution in [0.5, 0.6) is 0 Å². The first-order valence-corrected chi connectivity index (χ1v) is 14.4. The number of hydrogen-bond donors (Lipinski definition) is 1. The van der Waals surface area contributed by atoms with Gasteiger partial charge >= 0.3 is 0 Å². The fraction of sp³-hybridized carbons (Fsp3) is 0.462. The zero-order valence-electron chi connectivity index (χ0n) is 21.2. The minimum Gasteiger partial charge on any atom is -0.354 e. The lowest BCUT2D eigenvalue weighted by atomic mass is 10.1. The van der Waals surface area contributed by atoms with Crippen molar-refractivity contribution in [2.45, 2.75) is 59.5 Å². The van der Waals surface area contributed by atoms with E-state index in [1.165, 1.54) is 10.6 Å². The van der Waals surface area contributed by atoms with Gasteiger partial charge in [-0.3, -0.25) is 13.9 Å². The molecule has 0 bridgehead atoms. The Kier molecular flexibility index (Phi) is 10.8. The quantitative estimate of drug-likeness (QED) is 0.408. The van der Waals surface area contributed by atoms with Gasteiger partial charge in [-0.25, -0.2) is 8.42 Å². The highest BCUT2D eigenvalue weighted by Crippen LogP contribution is 2.22. The fourth-order valence-corrected chi connectivity index (χ4v) is 4.87. The van der Waals surface area contributed by atoms with Crippen LogP contribution < -0.4 is 9.62 Å². The molecule has 1 atom stereocenters. The number of benzene rings is 2. The van der Waals surface area contributed by atoms with E-state index in [9.17, 15) is 18.0 Å². The molecule has 0 aliphatic rings. The van der Waals surface area contributed by atoms with Crippen molar-refractivity contribution >= 4 is 43.5 Å². The summed E-state index contributed by atoms with van der Waals surface area (Å²) in [5.41, 5.74) is 3.57. The van der Waals surface area contributed by atoms with Gasteiger partial charge in [0.1, 0.15) is 6.04 Å². The predicted octanol–water partition coefficient (Wildman–Crippen LogP) is 4.56. The third-order valence-electron chi connectivity index (χ3n) is 5.91. The summed E-state index contributed by atoms with van der Waals surface area (Å²) in [5.74, 6) is -0.397. The summed E-state index contributed by atoms with van der Waals surface area (Å²) < 4.78 is 27.2. The highest BCUT2D eigenvalue weighted by Gasteiger charge is 2.26. The molecule has 0 aliphatic heterocycles. The lowest BCUT2D eigenvalue weighted by Crippen LogP contribution is -2.47. The van der Waals surface area contributed by atoms with Gasteiger partial charge in [-0.15, -0.1) is 0 Å². The average molecular weight is 567 g/mol. The molecular weight excluding hydrogens is 530 g/mol. The van der Waals surface area contributed by atoms with E-state index in [4.69, 9.17) is 0 Å². The fourth-order valence-electron chi connectivity index (χ4n) is 3.65. The van der Waals surface area contributed by atoms with Gasteiger partial charge in [0, 0.05) is 30.5 Å². The number of rotatable bonds is 12. The molecule has 2 aromatic carbocycles. The molecular formula is C26H36BrN3O4S. The Balaban J connectivity index is 2.16. The molecule has 9 heteroatoms. The molecule has 0 heterocycles. The van der Waals surface area contributed by atoms with E-state index < -0.39 is 16.1 Å². The van der Waals surface area contributed by atoms with Crippen molar-refractivity contribution in [1.82, 2.24) is 10.2 Å². The molecule has 7 nitrogen and oxygen atoms in total. The molecule has 0 spiro atoms. The number of halogens is 1. The Bertz CT molecular complexity index is 1120. The van der Waals surface area contributed by atoms with E-state index in [1.807, 2.05) is 57.2 Å². The molecule has 0 aliphatic carbocycles. The number of sulfonamides is 1. The monoisotopic (exact) mass is 565 g/mol. The summed E-state index contributed by atoms with van der Waals surface area (Å²) in [7, 11) is -3.52. The first kappa shape index (κ1) is 28.8. The zero-order chi connectivity index (χ0) is 26.2. The summed E-state index contributed by atoms with van der Waals surface area (Å²) in [5, 5.41) is 2.86. The summed E-state index contributed by atoms with van der Waals surface area (Å²) in [6.45, 7) is 8.62. The van der Waals surface area contributed by atoms with Crippen LogP contribution in [0.2, 0.25) is 0 Å². The van der Waals surface area contributed by atoms with E-state index in [-0.39, 0.29) is 24.8 Å². The number of amides is 2. The normalized spacial score (nSPS) is 12.2. The average Bonchev–Trinajstić information content (AvgIpc) is 2.80. The molecule has 0 unspecified atom stereocenters. The van der Waals surface area contributed by atoms with Crippen molar-refractivity contribution < 1.29 is 18.0 Å². The number of hydrogen-bond acceptors (Lipinski definition) is 4. The van der Waals surface area contributed by atoms with Crippen molar-refractivity contribution in [3.8, 4) is 0 Å². The Hall–Kier alpha value is -2.39. The molecule has 0 aromatic heterocycles. The molecule has 35 heavy (non-hydrogen) atoms. The number of nitrogens with one attached hydrogen (secondary N) is 1. The summed E-state index contributed by atoms with van der Waals surface area (Å²) in [4.78, 5) is 27.5. The number of carbonyl (C=O) groups is 2. The van der Waals surface area contributed by atoms with Gasteiger partial charge in [0.15, 0.2) is 0 Å². The summed E-state index contributed by atoms with van der Waals surface area (Å²) in [6, 6.07) is 12.5. The van der Waals surface area contributed by atoms with Gasteiger partial charge in [0.25, 0.3) is 0 Å². The largest absolute Gasteiger partial charge is 0.354 e. The molecule has 192 valence electrons. The Morgan fingerprint density at radius 2 is 1.71 bits per heavy atom. The number of aryl methyl sites for hydroxylation is 2. The van der Waals surface area contributed by atoms with Crippen LogP contribution in [0.15, 0.2) is 46.9 Å². The first-order chi connectivity index (χ1) is 16.4. The standard InChI is InChI=1S/C26H36BrN3O4S/c1-6-15-28-26(32)21(4)29(18-22-10-12-23(27)13-11-22)25(31)8-7-16-30(35(5,33)34)24-14-9-19(2)20(3)17-24/h9-14,17,21H,6-8,15-16,18H2,1-5H3,(H,28,32)/t21-/m0/s1. The SMILES string of the molecule is CCCNC(=O)[C@H](C)N(Cc1ccc(Br)cc1)C(=O)CCCN(c1ccc(C)c(C)c1)S(C)(=O)=O. The molecule has 2 aromatic rings. The topological polar surface area (TPSA) is 86.8 Å². The van der Waals surface area contributed by atoms with Gasteiger partial charge in [-0.05, 0) is 74.6 Å². The van der Waals surface area contributed by atoms with Gasteiger partial charge < -0.3 is 10.2 Å². The minimum absolute atomic E-state index is 0.124. The Morgan fingerprint density at radius 3 is 2.29 bits per heavy atom. The van der Waals surface area contributed by atoms with Crippen LogP contribution in [0.25, 0.3) is 0 Å². The van der Waals surface area contributed by atoms with Crippen LogP contribution in [-0.2, 0) is 26.2 Å². The molecule has 0 saturated heterocycles. The van der Waals surface area contributed by atoms with Gasteiger partial charge in [0.2, 0.25) is 21.8 Å². The molecule has 0 fully saturated rings. The highest BCUT2D eigenvalue weighted by atomic mass is 79.9. The van der Waals surface area contributed by atoms with Crippen molar-refractivity contribution in [2.75, 3.05) is 23.7 Å². The molecule has 1 N–H and O–H groups in total. The lowest BCUT2D eigenvalue weighted by Gasteiger charge is -2.29. The van der Waals surface area contributed by atoms with Crippen LogP contribution in [-0.4, -0.2) is 50.5 Å². The molecule has 0 saturated carbocycles. The second-order valence-corrected chi connectivity index (χ2v) is 11.6. The number of anilines is 1. The van der Waals surface area contributed by atoms with Crippen molar-refractivity contribution in [1.29, 1.82) is 0 Å². The second-order valence-electron chi connectivity index (χ2n) is 8.82. The lowest BCUT2D eigenvalue weighted by molar-refractivity contribution is -0.140. The van der Waals surface area contributed by atoms with Crippen LogP contribution >= 0.6 is 15.9 Å². The molecule has 0 radical (unpaired) electrons.